The zero-order chi connectivity index (χ0) is 16.4. The van der Waals surface area contributed by atoms with E-state index in [-0.39, 0.29) is 5.91 Å². The zero-order valence-electron chi connectivity index (χ0n) is 12.3. The van der Waals surface area contributed by atoms with Crippen LogP contribution in [0.25, 0.3) is 5.69 Å². The van der Waals surface area contributed by atoms with E-state index in [4.69, 9.17) is 23.2 Å². The number of aryl methyl sites for hydroxylation is 1. The molecule has 1 N–H and O–H groups in total. The molecule has 0 fully saturated rings. The second kappa shape index (κ2) is 6.44. The van der Waals surface area contributed by atoms with E-state index in [0.717, 1.165) is 11.4 Å². The maximum Gasteiger partial charge on any atom is 0.258 e. The largest absolute Gasteiger partial charge is 0.305 e. The van der Waals surface area contributed by atoms with Crippen LogP contribution < -0.4 is 5.32 Å². The third kappa shape index (κ3) is 3.38. The van der Waals surface area contributed by atoms with Crippen LogP contribution in [-0.4, -0.2) is 15.7 Å². The van der Waals surface area contributed by atoms with Crippen LogP contribution in [0.1, 0.15) is 16.1 Å². The van der Waals surface area contributed by atoms with Gasteiger partial charge in [0.05, 0.1) is 16.3 Å². The molecule has 0 unspecified atom stereocenters. The van der Waals surface area contributed by atoms with E-state index in [1.165, 1.54) is 6.07 Å². The molecule has 4 nitrogen and oxygen atoms in total. The summed E-state index contributed by atoms with van der Waals surface area (Å²) in [4.78, 5) is 12.3. The van der Waals surface area contributed by atoms with Gasteiger partial charge in [-0.15, -0.1) is 5.10 Å². The Morgan fingerprint density at radius 1 is 1.09 bits per heavy atom. The summed E-state index contributed by atoms with van der Waals surface area (Å²) in [5.41, 5.74) is 2.19. The van der Waals surface area contributed by atoms with Gasteiger partial charge in [-0.05, 0) is 37.3 Å². The summed E-state index contributed by atoms with van der Waals surface area (Å²) in [6.07, 6.45) is 0. The highest BCUT2D eigenvalue weighted by Crippen LogP contribution is 2.22. The molecule has 3 rings (SSSR count). The molecule has 0 bridgehead atoms. The first-order valence-corrected chi connectivity index (χ1v) is 7.68. The number of benzene rings is 2. The molecule has 1 aromatic heterocycles. The van der Waals surface area contributed by atoms with Gasteiger partial charge in [-0.2, -0.15) is 0 Å². The van der Waals surface area contributed by atoms with Crippen LogP contribution in [-0.2, 0) is 0 Å². The number of nitrogens with one attached hydrogen (secondary N) is 1. The maximum absolute atomic E-state index is 12.3. The molecule has 0 aliphatic heterocycles. The summed E-state index contributed by atoms with van der Waals surface area (Å²) in [5, 5.41) is 7.94. The SMILES string of the molecule is Cc1cc(NC(=O)c2ccc(Cl)cc2Cl)nn1-c1ccccc1. The number of carbonyl (C=O) groups excluding carboxylic acids is 1. The minimum Gasteiger partial charge on any atom is -0.305 e. The predicted octanol–water partition coefficient (Wildman–Crippen LogP) is 4.74. The molecular formula is C17H13Cl2N3O. The maximum atomic E-state index is 12.3. The van der Waals surface area contributed by atoms with Crippen LogP contribution in [0.2, 0.25) is 10.0 Å². The van der Waals surface area contributed by atoms with Crippen LogP contribution in [0.15, 0.2) is 54.6 Å². The van der Waals surface area contributed by atoms with Crippen LogP contribution >= 0.6 is 23.2 Å². The summed E-state index contributed by atoms with van der Waals surface area (Å²) >= 11 is 11.9. The molecule has 0 atom stereocenters. The van der Waals surface area contributed by atoms with Crippen molar-refractivity contribution in [1.82, 2.24) is 9.78 Å². The van der Waals surface area contributed by atoms with Crippen LogP contribution in [0.5, 0.6) is 0 Å². The summed E-state index contributed by atoms with van der Waals surface area (Å²) in [6, 6.07) is 16.2. The van der Waals surface area contributed by atoms with Crippen molar-refractivity contribution < 1.29 is 4.79 Å². The lowest BCUT2D eigenvalue weighted by molar-refractivity contribution is 0.102. The standard InChI is InChI=1S/C17H13Cl2N3O/c1-11-9-16(21-22(11)13-5-3-2-4-6-13)20-17(23)14-8-7-12(18)10-15(14)19/h2-10H,1H3,(H,20,21,23). The predicted molar refractivity (Wildman–Crippen MR) is 92.7 cm³/mol. The van der Waals surface area contributed by atoms with Gasteiger partial charge in [0.1, 0.15) is 0 Å². The monoisotopic (exact) mass is 345 g/mol. The van der Waals surface area contributed by atoms with Crippen molar-refractivity contribution in [3.05, 3.63) is 75.9 Å². The van der Waals surface area contributed by atoms with Gasteiger partial charge in [0.15, 0.2) is 5.82 Å². The Hall–Kier alpha value is -2.30. The Kier molecular flexibility index (Phi) is 4.37. The van der Waals surface area contributed by atoms with Crippen molar-refractivity contribution in [3.63, 3.8) is 0 Å². The summed E-state index contributed by atoms with van der Waals surface area (Å²) in [7, 11) is 0. The number of nitrogens with zero attached hydrogens (tertiary/aromatic N) is 2. The van der Waals surface area contributed by atoms with Gasteiger partial charge >= 0.3 is 0 Å². The van der Waals surface area contributed by atoms with Crippen molar-refractivity contribution in [1.29, 1.82) is 0 Å². The Bertz CT molecular complexity index is 860. The van der Waals surface area contributed by atoms with Gasteiger partial charge in [0.25, 0.3) is 5.91 Å². The molecule has 0 saturated heterocycles. The zero-order valence-corrected chi connectivity index (χ0v) is 13.8. The highest BCUT2D eigenvalue weighted by atomic mass is 35.5. The highest BCUT2D eigenvalue weighted by molar-refractivity contribution is 6.37. The average Bonchev–Trinajstić information content (AvgIpc) is 2.88. The summed E-state index contributed by atoms with van der Waals surface area (Å²) in [6.45, 7) is 1.92. The molecule has 0 radical (unpaired) electrons. The van der Waals surface area contributed by atoms with Gasteiger partial charge in [-0.25, -0.2) is 4.68 Å². The molecule has 0 spiro atoms. The van der Waals surface area contributed by atoms with Crippen molar-refractivity contribution in [3.8, 4) is 5.69 Å². The number of carbonyl (C=O) groups is 1. The molecule has 6 heteroatoms. The number of hydrogen-bond acceptors (Lipinski definition) is 2. The number of para-hydroxylation sites is 1. The first kappa shape index (κ1) is 15.6. The van der Waals surface area contributed by atoms with Crippen LogP contribution in [0.4, 0.5) is 5.82 Å². The van der Waals surface area contributed by atoms with E-state index >= 15 is 0 Å². The molecule has 2 aromatic carbocycles. The van der Waals surface area contributed by atoms with Gasteiger partial charge in [0, 0.05) is 16.8 Å². The third-order valence-corrected chi connectivity index (χ3v) is 3.85. The molecular weight excluding hydrogens is 333 g/mol. The number of anilines is 1. The lowest BCUT2D eigenvalue weighted by Crippen LogP contribution is -2.13. The number of hydrogen-bond donors (Lipinski definition) is 1. The highest BCUT2D eigenvalue weighted by Gasteiger charge is 2.13. The van der Waals surface area contributed by atoms with Gasteiger partial charge < -0.3 is 5.32 Å². The van der Waals surface area contributed by atoms with Crippen molar-refractivity contribution >= 4 is 34.9 Å². The molecule has 0 aliphatic carbocycles. The number of rotatable bonds is 3. The molecule has 23 heavy (non-hydrogen) atoms. The molecule has 0 saturated carbocycles. The van der Waals surface area contributed by atoms with Crippen LogP contribution in [0.3, 0.4) is 0 Å². The second-order valence-electron chi connectivity index (χ2n) is 5.00. The summed E-state index contributed by atoms with van der Waals surface area (Å²) < 4.78 is 1.76. The van der Waals surface area contributed by atoms with E-state index in [2.05, 4.69) is 10.4 Å². The molecule has 0 aliphatic rings. The van der Waals surface area contributed by atoms with E-state index in [9.17, 15) is 4.79 Å². The Morgan fingerprint density at radius 3 is 2.52 bits per heavy atom. The Morgan fingerprint density at radius 2 is 1.83 bits per heavy atom. The minimum atomic E-state index is -0.329. The number of halogens is 2. The second-order valence-corrected chi connectivity index (χ2v) is 5.84. The first-order chi connectivity index (χ1) is 11.0. The Labute approximate surface area is 143 Å². The third-order valence-electron chi connectivity index (χ3n) is 3.31. The molecule has 1 amide bonds. The lowest BCUT2D eigenvalue weighted by Gasteiger charge is -2.05. The molecule has 3 aromatic rings. The van der Waals surface area contributed by atoms with Gasteiger partial charge in [-0.1, -0.05) is 41.4 Å². The van der Waals surface area contributed by atoms with Crippen LogP contribution in [0, 0.1) is 6.92 Å². The van der Waals surface area contributed by atoms with E-state index in [1.54, 1.807) is 22.9 Å². The van der Waals surface area contributed by atoms with Crippen molar-refractivity contribution in [2.75, 3.05) is 5.32 Å². The van der Waals surface area contributed by atoms with E-state index in [0.29, 0.717) is 21.4 Å². The lowest BCUT2D eigenvalue weighted by atomic mass is 10.2. The number of aromatic nitrogens is 2. The van der Waals surface area contributed by atoms with Gasteiger partial charge in [0.2, 0.25) is 0 Å². The average molecular weight is 346 g/mol. The number of amides is 1. The Balaban J connectivity index is 1.85. The van der Waals surface area contributed by atoms with E-state index < -0.39 is 0 Å². The normalized spacial score (nSPS) is 10.6. The molecule has 1 heterocycles. The van der Waals surface area contributed by atoms with Crippen molar-refractivity contribution in [2.24, 2.45) is 0 Å². The first-order valence-electron chi connectivity index (χ1n) is 6.93. The van der Waals surface area contributed by atoms with Gasteiger partial charge in [-0.3, -0.25) is 4.79 Å². The topological polar surface area (TPSA) is 46.9 Å². The summed E-state index contributed by atoms with van der Waals surface area (Å²) in [5.74, 6) is 0.131. The molecule has 116 valence electrons. The van der Waals surface area contributed by atoms with Crippen molar-refractivity contribution in [2.45, 2.75) is 6.92 Å². The quantitative estimate of drug-likeness (QED) is 0.745. The fourth-order valence-electron chi connectivity index (χ4n) is 2.22. The smallest absolute Gasteiger partial charge is 0.258 e. The fourth-order valence-corrected chi connectivity index (χ4v) is 2.72. The minimum absolute atomic E-state index is 0.300. The van der Waals surface area contributed by atoms with E-state index in [1.807, 2.05) is 37.3 Å². The fraction of sp³-hybridized carbons (Fsp3) is 0.0588.